The quantitative estimate of drug-likeness (QED) is 0.157. The molecule has 0 spiro atoms. The average molecular weight is 664 g/mol. The van der Waals surface area contributed by atoms with E-state index in [0.29, 0.717) is 24.8 Å². The average Bonchev–Trinajstić information content (AvgIpc) is 3.58. The van der Waals surface area contributed by atoms with Crippen molar-refractivity contribution in [1.29, 1.82) is 0 Å². The Bertz CT molecular complexity index is 1500. The molecule has 3 rings (SSSR count). The zero-order valence-electron chi connectivity index (χ0n) is 27.0. The molecule has 2 heterocycles. The summed E-state index contributed by atoms with van der Waals surface area (Å²) in [4.78, 5) is 98.6. The minimum atomic E-state index is -1.49. The number of benzene rings is 1. The van der Waals surface area contributed by atoms with Crippen LogP contribution in [0.5, 0.6) is 0 Å². The number of nitrogens with one attached hydrogen (secondary N) is 4. The van der Waals surface area contributed by atoms with E-state index in [2.05, 4.69) is 31.2 Å². The van der Waals surface area contributed by atoms with Gasteiger partial charge in [-0.3, -0.25) is 33.8 Å². The van der Waals surface area contributed by atoms with Crippen LogP contribution in [-0.2, 0) is 28.8 Å². The van der Waals surface area contributed by atoms with Gasteiger partial charge in [0.1, 0.15) is 23.8 Å². The molecule has 1 aromatic heterocycles. The van der Waals surface area contributed by atoms with Crippen molar-refractivity contribution in [3.05, 3.63) is 66.3 Å². The highest BCUT2D eigenvalue weighted by Gasteiger charge is 2.37. The molecule has 48 heavy (non-hydrogen) atoms. The highest BCUT2D eigenvalue weighted by molar-refractivity contribution is 6.38. The lowest BCUT2D eigenvalue weighted by molar-refractivity contribution is -0.144. The molecule has 1 unspecified atom stereocenters. The van der Waals surface area contributed by atoms with Gasteiger partial charge in [0.2, 0.25) is 23.5 Å². The van der Waals surface area contributed by atoms with Gasteiger partial charge in [0.15, 0.2) is 0 Å². The number of hydrogen-bond acceptors (Lipinski definition) is 9. The number of carboxylic acids is 1. The Kier molecular flexibility index (Phi) is 13.9. The molecule has 1 aromatic carbocycles. The van der Waals surface area contributed by atoms with Crippen molar-refractivity contribution < 1.29 is 38.7 Å². The van der Waals surface area contributed by atoms with E-state index < -0.39 is 72.0 Å². The van der Waals surface area contributed by atoms with E-state index in [-0.39, 0.29) is 24.6 Å². The van der Waals surface area contributed by atoms with Crippen molar-refractivity contribution in [2.24, 2.45) is 5.92 Å². The first-order valence-electron chi connectivity index (χ1n) is 15.7. The minimum Gasteiger partial charge on any atom is -0.479 e. The Morgan fingerprint density at radius 1 is 1.02 bits per heavy atom. The maximum atomic E-state index is 13.3. The molecule has 1 saturated heterocycles. The molecule has 15 nitrogen and oxygen atoms in total. The van der Waals surface area contributed by atoms with Crippen molar-refractivity contribution in [3.63, 3.8) is 0 Å². The summed E-state index contributed by atoms with van der Waals surface area (Å²) in [6.07, 6.45) is 8.05. The SMILES string of the molecule is CCCC(NC(=O)[C@@H]1CCCN1C(=O)CNC(=O)[C@@H](NC(=O)c1cnccn1)C(C)C)C(=O)C(=O)N[C@@H](/C=C/c1ccccc1)C(=O)O. The van der Waals surface area contributed by atoms with Gasteiger partial charge in [0.25, 0.3) is 11.8 Å². The van der Waals surface area contributed by atoms with Gasteiger partial charge in [-0.05, 0) is 30.7 Å². The Balaban J connectivity index is 1.59. The topological polar surface area (TPSA) is 217 Å². The number of Topliss-reactive ketones (excluding diaryl/α,β-unsaturated/α-hetero) is 1. The fourth-order valence-corrected chi connectivity index (χ4v) is 5.04. The van der Waals surface area contributed by atoms with E-state index in [1.807, 2.05) is 0 Å². The third-order valence-corrected chi connectivity index (χ3v) is 7.59. The van der Waals surface area contributed by atoms with Crippen molar-refractivity contribution in [2.45, 2.75) is 70.6 Å². The van der Waals surface area contributed by atoms with E-state index in [4.69, 9.17) is 0 Å². The highest BCUT2D eigenvalue weighted by Crippen LogP contribution is 2.18. The van der Waals surface area contributed by atoms with Gasteiger partial charge in [-0.15, -0.1) is 0 Å². The first kappa shape index (κ1) is 37.0. The zero-order valence-corrected chi connectivity index (χ0v) is 27.0. The number of hydrogen-bond donors (Lipinski definition) is 5. The molecule has 5 amide bonds. The fourth-order valence-electron chi connectivity index (χ4n) is 5.04. The maximum Gasteiger partial charge on any atom is 0.330 e. The molecule has 256 valence electrons. The number of carbonyl (C=O) groups excluding carboxylic acids is 6. The van der Waals surface area contributed by atoms with Crippen molar-refractivity contribution >= 4 is 47.4 Å². The second-order valence-corrected chi connectivity index (χ2v) is 11.5. The summed E-state index contributed by atoms with van der Waals surface area (Å²) in [5.74, 6) is -6.31. The summed E-state index contributed by atoms with van der Waals surface area (Å²) in [5.41, 5.74) is 0.720. The van der Waals surface area contributed by atoms with E-state index >= 15 is 0 Å². The van der Waals surface area contributed by atoms with Crippen LogP contribution < -0.4 is 21.3 Å². The lowest BCUT2D eigenvalue weighted by atomic mass is 10.0. The van der Waals surface area contributed by atoms with Gasteiger partial charge >= 0.3 is 5.97 Å². The Morgan fingerprint density at radius 2 is 1.75 bits per heavy atom. The Hall–Kier alpha value is -5.47. The monoisotopic (exact) mass is 663 g/mol. The normalized spacial score (nSPS) is 16.1. The van der Waals surface area contributed by atoms with Crippen LogP contribution in [0.3, 0.4) is 0 Å². The molecule has 5 N–H and O–H groups in total. The molecule has 1 aliphatic rings. The van der Waals surface area contributed by atoms with Gasteiger partial charge < -0.3 is 31.3 Å². The lowest BCUT2D eigenvalue weighted by Crippen LogP contribution is -2.56. The number of nitrogens with zero attached hydrogens (tertiary/aromatic N) is 3. The summed E-state index contributed by atoms with van der Waals surface area (Å²) in [6.45, 7) is 4.98. The first-order valence-corrected chi connectivity index (χ1v) is 15.7. The van der Waals surface area contributed by atoms with Gasteiger partial charge in [-0.1, -0.05) is 69.7 Å². The van der Waals surface area contributed by atoms with Crippen LogP contribution in [0.4, 0.5) is 0 Å². The summed E-state index contributed by atoms with van der Waals surface area (Å²) in [7, 11) is 0. The number of ketones is 1. The summed E-state index contributed by atoms with van der Waals surface area (Å²) < 4.78 is 0. The molecular formula is C33H41N7O8. The van der Waals surface area contributed by atoms with Crippen molar-refractivity contribution in [3.8, 4) is 0 Å². The smallest absolute Gasteiger partial charge is 0.330 e. The van der Waals surface area contributed by atoms with Crippen molar-refractivity contribution in [1.82, 2.24) is 36.1 Å². The first-order chi connectivity index (χ1) is 22.9. The second-order valence-electron chi connectivity index (χ2n) is 11.5. The summed E-state index contributed by atoms with van der Waals surface area (Å²) in [6, 6.07) is 4.12. The van der Waals surface area contributed by atoms with Crippen LogP contribution in [0.15, 0.2) is 55.0 Å². The molecule has 4 atom stereocenters. The number of likely N-dealkylation sites (tertiary alicyclic amines) is 1. The summed E-state index contributed by atoms with van der Waals surface area (Å²) >= 11 is 0. The Morgan fingerprint density at radius 3 is 2.38 bits per heavy atom. The van der Waals surface area contributed by atoms with Crippen LogP contribution in [0, 0.1) is 5.92 Å². The minimum absolute atomic E-state index is 0.0249. The number of amides is 5. The molecule has 15 heteroatoms. The van der Waals surface area contributed by atoms with Crippen LogP contribution in [0.1, 0.15) is 62.5 Å². The number of rotatable bonds is 16. The molecule has 1 aliphatic heterocycles. The molecule has 1 fully saturated rings. The van der Waals surface area contributed by atoms with E-state index in [1.54, 1.807) is 51.1 Å². The second kappa shape index (κ2) is 18.0. The molecule has 0 aliphatic carbocycles. The highest BCUT2D eigenvalue weighted by atomic mass is 16.4. The molecular weight excluding hydrogens is 622 g/mol. The summed E-state index contributed by atoms with van der Waals surface area (Å²) in [5, 5.41) is 19.5. The number of aromatic nitrogens is 2. The number of carboxylic acid groups (broad SMARTS) is 1. The number of aliphatic carboxylic acids is 1. The van der Waals surface area contributed by atoms with Crippen LogP contribution >= 0.6 is 0 Å². The van der Waals surface area contributed by atoms with Gasteiger partial charge in [0, 0.05) is 18.9 Å². The zero-order chi connectivity index (χ0) is 35.2. The lowest BCUT2D eigenvalue weighted by Gasteiger charge is -2.27. The third-order valence-electron chi connectivity index (χ3n) is 7.59. The van der Waals surface area contributed by atoms with Gasteiger partial charge in [-0.25, -0.2) is 9.78 Å². The third kappa shape index (κ3) is 10.5. The van der Waals surface area contributed by atoms with Crippen LogP contribution in [0.2, 0.25) is 0 Å². The van der Waals surface area contributed by atoms with Crippen LogP contribution in [-0.4, -0.2) is 98.5 Å². The molecule has 0 saturated carbocycles. The largest absolute Gasteiger partial charge is 0.479 e. The predicted octanol–water partition coefficient (Wildman–Crippen LogP) is 0.475. The molecule has 2 aromatic rings. The van der Waals surface area contributed by atoms with Crippen LogP contribution in [0.25, 0.3) is 6.08 Å². The maximum absolute atomic E-state index is 13.3. The van der Waals surface area contributed by atoms with E-state index in [1.165, 1.54) is 35.6 Å². The standard InChI is InChI=1S/C33H41N7O8/c1-4-9-22(28(42)32(46)38-23(33(47)48)14-13-21-10-6-5-7-11-21)37-30(44)25-12-8-17-40(25)26(41)19-36-31(45)27(20(2)3)39-29(43)24-18-34-15-16-35-24/h5-7,10-11,13-16,18,20,22-23,25,27H,4,8-9,12,17,19H2,1-3H3,(H,36,45)(H,37,44)(H,38,46)(H,39,43)(H,47,48)/b14-13+/t22?,23-,25-,27-/m0/s1. The van der Waals surface area contributed by atoms with Gasteiger partial charge in [-0.2, -0.15) is 0 Å². The van der Waals surface area contributed by atoms with E-state index in [0.717, 1.165) is 0 Å². The number of carbonyl (C=O) groups is 7. The molecule has 0 radical (unpaired) electrons. The van der Waals surface area contributed by atoms with Gasteiger partial charge in [0.05, 0.1) is 18.8 Å². The van der Waals surface area contributed by atoms with E-state index in [9.17, 15) is 38.7 Å². The fraction of sp³-hybridized carbons (Fsp3) is 0.424. The van der Waals surface area contributed by atoms with Crippen molar-refractivity contribution in [2.75, 3.05) is 13.1 Å². The predicted molar refractivity (Wildman–Crippen MR) is 173 cm³/mol. The molecule has 0 bridgehead atoms. The Labute approximate surface area is 278 Å².